The summed E-state index contributed by atoms with van der Waals surface area (Å²) < 4.78 is 4.75. The fourth-order valence-electron chi connectivity index (χ4n) is 2.95. The lowest BCUT2D eigenvalue weighted by Crippen LogP contribution is -2.37. The second-order valence-electron chi connectivity index (χ2n) is 6.37. The van der Waals surface area contributed by atoms with Crippen LogP contribution < -0.4 is 0 Å². The lowest BCUT2D eigenvalue weighted by atomic mass is 9.88. The van der Waals surface area contributed by atoms with Gasteiger partial charge in [-0.1, -0.05) is 38.1 Å². The van der Waals surface area contributed by atoms with Crippen molar-refractivity contribution in [2.75, 3.05) is 20.2 Å². The zero-order valence-electron chi connectivity index (χ0n) is 13.7. The molecule has 1 aromatic carbocycles. The summed E-state index contributed by atoms with van der Waals surface area (Å²) in [4.78, 5) is 25.3. The Morgan fingerprint density at radius 2 is 1.77 bits per heavy atom. The van der Waals surface area contributed by atoms with Crippen LogP contribution >= 0.6 is 0 Å². The summed E-state index contributed by atoms with van der Waals surface area (Å²) in [6.45, 7) is 5.57. The zero-order chi connectivity index (χ0) is 16.1. The van der Waals surface area contributed by atoms with Crippen LogP contribution in [0.3, 0.4) is 0 Å². The molecular weight excluding hydrogens is 278 g/mol. The lowest BCUT2D eigenvalue weighted by molar-refractivity contribution is 0.0967. The second kappa shape index (κ2) is 7.43. The van der Waals surface area contributed by atoms with Crippen LogP contribution in [0, 0.1) is 5.92 Å². The van der Waals surface area contributed by atoms with Crippen LogP contribution in [0.1, 0.15) is 54.9 Å². The van der Waals surface area contributed by atoms with Crippen LogP contribution in [-0.4, -0.2) is 37.0 Å². The number of carbonyl (C=O) groups is 2. The first-order chi connectivity index (χ1) is 10.5. The van der Waals surface area contributed by atoms with E-state index in [2.05, 4.69) is 26.0 Å². The van der Waals surface area contributed by atoms with E-state index < -0.39 is 0 Å². The van der Waals surface area contributed by atoms with Gasteiger partial charge in [-0.2, -0.15) is 0 Å². The number of hydrogen-bond acceptors (Lipinski definition) is 3. The third kappa shape index (κ3) is 4.09. The number of methoxy groups -OCH3 is 1. The molecule has 0 N–H and O–H groups in total. The Morgan fingerprint density at radius 3 is 2.27 bits per heavy atom. The molecule has 4 nitrogen and oxygen atoms in total. The Kier molecular flexibility index (Phi) is 5.58. The predicted molar refractivity (Wildman–Crippen MR) is 86.2 cm³/mol. The molecule has 1 aliphatic heterocycles. The molecule has 0 radical (unpaired) electrons. The van der Waals surface area contributed by atoms with Crippen molar-refractivity contribution in [2.24, 2.45) is 5.92 Å². The van der Waals surface area contributed by atoms with Crippen LogP contribution in [-0.2, 0) is 4.74 Å². The van der Waals surface area contributed by atoms with Crippen LogP contribution in [0.2, 0.25) is 0 Å². The molecule has 1 heterocycles. The molecule has 1 aliphatic rings. The Labute approximate surface area is 132 Å². The van der Waals surface area contributed by atoms with Crippen molar-refractivity contribution in [3.8, 4) is 0 Å². The molecule has 0 unspecified atom stereocenters. The maximum atomic E-state index is 12.0. The Bertz CT molecular complexity index is 514. The van der Waals surface area contributed by atoms with Gasteiger partial charge in [0.1, 0.15) is 0 Å². The number of likely N-dealkylation sites (tertiary alicyclic amines) is 1. The minimum absolute atomic E-state index is 0.210. The van der Waals surface area contributed by atoms with Crippen molar-refractivity contribution in [2.45, 2.75) is 39.0 Å². The molecule has 1 amide bonds. The summed E-state index contributed by atoms with van der Waals surface area (Å²) in [5.41, 5.74) is 2.05. The number of nitrogens with zero attached hydrogens (tertiary/aromatic N) is 1. The minimum Gasteiger partial charge on any atom is -0.453 e. The summed E-state index contributed by atoms with van der Waals surface area (Å²) in [5.74, 6) is 1.05. The molecule has 0 aliphatic carbocycles. The smallest absolute Gasteiger partial charge is 0.409 e. The quantitative estimate of drug-likeness (QED) is 0.793. The van der Waals surface area contributed by atoms with Gasteiger partial charge in [0.15, 0.2) is 5.78 Å². The number of ketones is 1. The van der Waals surface area contributed by atoms with E-state index in [0.717, 1.165) is 31.5 Å². The summed E-state index contributed by atoms with van der Waals surface area (Å²) in [6.07, 6.45) is 2.23. The number of amides is 1. The van der Waals surface area contributed by atoms with Gasteiger partial charge in [0.2, 0.25) is 0 Å². The summed E-state index contributed by atoms with van der Waals surface area (Å²) in [5, 5.41) is 0. The predicted octanol–water partition coefficient (Wildman–Crippen LogP) is 3.86. The summed E-state index contributed by atoms with van der Waals surface area (Å²) in [6, 6.07) is 8.00. The molecule has 0 saturated carbocycles. The second-order valence-corrected chi connectivity index (χ2v) is 6.37. The Balaban J connectivity index is 1.94. The zero-order valence-corrected chi connectivity index (χ0v) is 13.7. The first-order valence-corrected chi connectivity index (χ1v) is 7.97. The fraction of sp³-hybridized carbons (Fsp3) is 0.556. The van der Waals surface area contributed by atoms with Crippen LogP contribution in [0.4, 0.5) is 4.79 Å². The van der Waals surface area contributed by atoms with Gasteiger partial charge in [-0.15, -0.1) is 0 Å². The third-order valence-corrected chi connectivity index (χ3v) is 4.23. The molecule has 0 aromatic heterocycles. The van der Waals surface area contributed by atoms with E-state index in [4.69, 9.17) is 4.74 Å². The highest BCUT2D eigenvalue weighted by molar-refractivity contribution is 5.96. The third-order valence-electron chi connectivity index (χ3n) is 4.23. The van der Waals surface area contributed by atoms with Gasteiger partial charge in [0.05, 0.1) is 7.11 Å². The van der Waals surface area contributed by atoms with Gasteiger partial charge in [0.25, 0.3) is 0 Å². The topological polar surface area (TPSA) is 46.6 Å². The first kappa shape index (κ1) is 16.5. The van der Waals surface area contributed by atoms with Crippen molar-refractivity contribution in [3.63, 3.8) is 0 Å². The van der Waals surface area contributed by atoms with Crippen molar-refractivity contribution >= 4 is 11.9 Å². The average Bonchev–Trinajstić information content (AvgIpc) is 2.54. The van der Waals surface area contributed by atoms with Crippen molar-refractivity contribution in [3.05, 3.63) is 35.4 Å². The Hall–Kier alpha value is -1.84. The maximum Gasteiger partial charge on any atom is 0.409 e. The first-order valence-electron chi connectivity index (χ1n) is 7.97. The van der Waals surface area contributed by atoms with Crippen LogP contribution in [0.25, 0.3) is 0 Å². The number of ether oxygens (including phenoxy) is 1. The minimum atomic E-state index is -0.243. The van der Waals surface area contributed by atoms with Gasteiger partial charge >= 0.3 is 6.09 Å². The van der Waals surface area contributed by atoms with Crippen molar-refractivity contribution in [1.29, 1.82) is 0 Å². The van der Waals surface area contributed by atoms with Crippen LogP contribution in [0.15, 0.2) is 24.3 Å². The van der Waals surface area contributed by atoms with Gasteiger partial charge in [-0.25, -0.2) is 4.79 Å². The number of rotatable bonds is 4. The molecule has 120 valence electrons. The fourth-order valence-corrected chi connectivity index (χ4v) is 2.95. The molecule has 1 aromatic rings. The normalized spacial score (nSPS) is 15.9. The molecule has 22 heavy (non-hydrogen) atoms. The van der Waals surface area contributed by atoms with E-state index in [9.17, 15) is 9.59 Å². The summed E-state index contributed by atoms with van der Waals surface area (Å²) >= 11 is 0. The van der Waals surface area contributed by atoms with E-state index in [0.29, 0.717) is 18.3 Å². The molecular formula is C18H25NO3. The molecule has 0 atom stereocenters. The molecule has 1 fully saturated rings. The van der Waals surface area contributed by atoms with Crippen molar-refractivity contribution in [1.82, 2.24) is 4.90 Å². The maximum absolute atomic E-state index is 12.0. The van der Waals surface area contributed by atoms with Gasteiger partial charge < -0.3 is 9.64 Å². The highest BCUT2D eigenvalue weighted by Gasteiger charge is 2.24. The molecule has 0 spiro atoms. The van der Waals surface area contributed by atoms with E-state index >= 15 is 0 Å². The van der Waals surface area contributed by atoms with Crippen molar-refractivity contribution < 1.29 is 14.3 Å². The SMILES string of the molecule is COC(=O)N1CCC(c2ccc(C(=O)CC(C)C)cc2)CC1. The standard InChI is InChI=1S/C18H25NO3/c1-13(2)12-17(20)16-6-4-14(5-7-16)15-8-10-19(11-9-15)18(21)22-3/h4-7,13,15H,8-12H2,1-3H3. The molecule has 2 rings (SSSR count). The highest BCUT2D eigenvalue weighted by Crippen LogP contribution is 2.28. The van der Waals surface area contributed by atoms with E-state index in [1.165, 1.54) is 12.7 Å². The van der Waals surface area contributed by atoms with E-state index in [-0.39, 0.29) is 11.9 Å². The molecule has 4 heteroatoms. The average molecular weight is 303 g/mol. The van der Waals surface area contributed by atoms with Gasteiger partial charge in [-0.05, 0) is 30.2 Å². The van der Waals surface area contributed by atoms with E-state index in [1.807, 2.05) is 12.1 Å². The lowest BCUT2D eigenvalue weighted by Gasteiger charge is -2.31. The van der Waals surface area contributed by atoms with E-state index in [1.54, 1.807) is 4.90 Å². The number of piperidine rings is 1. The molecule has 1 saturated heterocycles. The number of carbonyl (C=O) groups excluding carboxylic acids is 2. The summed E-state index contributed by atoms with van der Waals surface area (Å²) in [7, 11) is 1.42. The number of hydrogen-bond donors (Lipinski definition) is 0. The van der Waals surface area contributed by atoms with Gasteiger partial charge in [-0.3, -0.25) is 4.79 Å². The Morgan fingerprint density at radius 1 is 1.18 bits per heavy atom. The monoisotopic (exact) mass is 303 g/mol. The number of Topliss-reactive ketones (excluding diaryl/α,β-unsaturated/α-hetero) is 1. The van der Waals surface area contributed by atoms with Crippen LogP contribution in [0.5, 0.6) is 0 Å². The largest absolute Gasteiger partial charge is 0.453 e. The van der Waals surface area contributed by atoms with Gasteiger partial charge in [0, 0.05) is 25.1 Å². The number of benzene rings is 1. The highest BCUT2D eigenvalue weighted by atomic mass is 16.5. The molecule has 0 bridgehead atoms.